The van der Waals surface area contributed by atoms with Crippen LogP contribution < -0.4 is 16.0 Å². The maximum Gasteiger partial charge on any atom is 0.256 e. The third kappa shape index (κ3) is 3.84. The summed E-state index contributed by atoms with van der Waals surface area (Å²) in [7, 11) is 0. The molecule has 4 rings (SSSR count). The molecular formula is C21H24ClN3O2. The van der Waals surface area contributed by atoms with Crippen LogP contribution in [0.5, 0.6) is 0 Å². The molecule has 0 bridgehead atoms. The lowest BCUT2D eigenvalue weighted by atomic mass is 10.0. The van der Waals surface area contributed by atoms with Gasteiger partial charge in [0.15, 0.2) is 0 Å². The average molecular weight is 386 g/mol. The second-order valence-corrected chi connectivity index (χ2v) is 7.33. The van der Waals surface area contributed by atoms with Crippen molar-refractivity contribution >= 4 is 35.6 Å². The smallest absolute Gasteiger partial charge is 0.256 e. The van der Waals surface area contributed by atoms with Gasteiger partial charge in [-0.15, -0.1) is 12.4 Å². The molecule has 0 radical (unpaired) electrons. The van der Waals surface area contributed by atoms with E-state index in [1.54, 1.807) is 6.07 Å². The van der Waals surface area contributed by atoms with E-state index in [-0.39, 0.29) is 35.6 Å². The Hall–Kier alpha value is -2.37. The number of carbonyl (C=O) groups is 2. The molecule has 1 saturated carbocycles. The average Bonchev–Trinajstić information content (AvgIpc) is 3.14. The maximum absolute atomic E-state index is 12.6. The monoisotopic (exact) mass is 385 g/mol. The molecule has 2 atom stereocenters. The molecule has 2 amide bonds. The minimum absolute atomic E-state index is 0. The Morgan fingerprint density at radius 1 is 1.07 bits per heavy atom. The number of anilines is 2. The van der Waals surface area contributed by atoms with Crippen molar-refractivity contribution in [3.63, 3.8) is 0 Å². The predicted molar refractivity (Wildman–Crippen MR) is 109 cm³/mol. The molecule has 2 fully saturated rings. The van der Waals surface area contributed by atoms with Gasteiger partial charge in [0.2, 0.25) is 5.91 Å². The van der Waals surface area contributed by atoms with Crippen molar-refractivity contribution in [2.45, 2.75) is 19.8 Å². The summed E-state index contributed by atoms with van der Waals surface area (Å²) in [5.41, 5.74) is 2.98. The van der Waals surface area contributed by atoms with Crippen molar-refractivity contribution in [3.05, 3.63) is 59.7 Å². The molecule has 142 valence electrons. The third-order valence-corrected chi connectivity index (χ3v) is 5.65. The van der Waals surface area contributed by atoms with Gasteiger partial charge in [-0.1, -0.05) is 24.3 Å². The third-order valence-electron chi connectivity index (χ3n) is 5.65. The number of para-hydroxylation sites is 1. The van der Waals surface area contributed by atoms with E-state index in [9.17, 15) is 9.59 Å². The molecule has 2 aliphatic rings. The maximum atomic E-state index is 12.6. The van der Waals surface area contributed by atoms with E-state index < -0.39 is 0 Å². The number of benzene rings is 2. The first-order chi connectivity index (χ1) is 12.6. The van der Waals surface area contributed by atoms with E-state index in [0.717, 1.165) is 37.2 Å². The van der Waals surface area contributed by atoms with Crippen molar-refractivity contribution in [1.29, 1.82) is 0 Å². The highest BCUT2D eigenvalue weighted by molar-refractivity contribution is 6.07. The summed E-state index contributed by atoms with van der Waals surface area (Å²) in [4.78, 5) is 25.2. The van der Waals surface area contributed by atoms with Gasteiger partial charge in [0.1, 0.15) is 0 Å². The summed E-state index contributed by atoms with van der Waals surface area (Å²) in [6, 6.07) is 14.8. The molecule has 2 aromatic carbocycles. The van der Waals surface area contributed by atoms with E-state index in [4.69, 9.17) is 0 Å². The Kier molecular flexibility index (Phi) is 5.53. The molecule has 0 aromatic heterocycles. The second kappa shape index (κ2) is 7.71. The Morgan fingerprint density at radius 3 is 2.56 bits per heavy atom. The minimum Gasteiger partial charge on any atom is -0.326 e. The summed E-state index contributed by atoms with van der Waals surface area (Å²) >= 11 is 0. The SMILES string of the molecule is Cc1c(NC(=O)C2CC23CCNC3)cccc1C(=O)Nc1ccccc1.Cl. The summed E-state index contributed by atoms with van der Waals surface area (Å²) in [5.74, 6) is -0.0243. The van der Waals surface area contributed by atoms with Crippen molar-refractivity contribution in [1.82, 2.24) is 5.32 Å². The van der Waals surface area contributed by atoms with Gasteiger partial charge in [-0.3, -0.25) is 9.59 Å². The molecule has 2 unspecified atom stereocenters. The van der Waals surface area contributed by atoms with Crippen LogP contribution >= 0.6 is 12.4 Å². The summed E-state index contributed by atoms with van der Waals surface area (Å²) < 4.78 is 0. The molecule has 1 heterocycles. The molecule has 1 spiro atoms. The zero-order valence-electron chi connectivity index (χ0n) is 15.2. The van der Waals surface area contributed by atoms with Crippen LogP contribution in [0.25, 0.3) is 0 Å². The van der Waals surface area contributed by atoms with Gasteiger partial charge in [-0.25, -0.2) is 0 Å². The van der Waals surface area contributed by atoms with Crippen molar-refractivity contribution in [2.75, 3.05) is 23.7 Å². The lowest BCUT2D eigenvalue weighted by molar-refractivity contribution is -0.118. The Morgan fingerprint density at radius 2 is 1.85 bits per heavy atom. The molecule has 1 saturated heterocycles. The van der Waals surface area contributed by atoms with Crippen LogP contribution in [0.15, 0.2) is 48.5 Å². The summed E-state index contributed by atoms with van der Waals surface area (Å²) in [6.45, 7) is 3.80. The quantitative estimate of drug-likeness (QED) is 0.753. The summed E-state index contributed by atoms with van der Waals surface area (Å²) in [6.07, 6.45) is 2.03. The summed E-state index contributed by atoms with van der Waals surface area (Å²) in [5, 5.41) is 9.28. The van der Waals surface area contributed by atoms with Crippen molar-refractivity contribution in [3.8, 4) is 0 Å². The van der Waals surface area contributed by atoms with Gasteiger partial charge in [-0.05, 0) is 61.6 Å². The van der Waals surface area contributed by atoms with Gasteiger partial charge in [0, 0.05) is 29.4 Å². The van der Waals surface area contributed by atoms with Crippen LogP contribution in [-0.2, 0) is 4.79 Å². The standard InChI is InChI=1S/C21H23N3O2.ClH/c1-14-16(19(25)23-15-6-3-2-4-7-15)8-5-9-18(14)24-20(26)17-12-21(17)10-11-22-13-21;/h2-9,17,22H,10-13H2,1H3,(H,23,25)(H,24,26);1H. The number of carbonyl (C=O) groups excluding carboxylic acids is 2. The zero-order chi connectivity index (χ0) is 18.1. The van der Waals surface area contributed by atoms with Gasteiger partial charge in [0.25, 0.3) is 5.91 Å². The Balaban J connectivity index is 0.00000210. The molecule has 2 aromatic rings. The van der Waals surface area contributed by atoms with Gasteiger partial charge >= 0.3 is 0 Å². The van der Waals surface area contributed by atoms with E-state index in [0.29, 0.717) is 11.3 Å². The minimum atomic E-state index is -0.173. The van der Waals surface area contributed by atoms with E-state index >= 15 is 0 Å². The molecule has 3 N–H and O–H groups in total. The van der Waals surface area contributed by atoms with Crippen molar-refractivity contribution in [2.24, 2.45) is 11.3 Å². The van der Waals surface area contributed by atoms with Crippen LogP contribution in [0.1, 0.15) is 28.8 Å². The topological polar surface area (TPSA) is 70.2 Å². The van der Waals surface area contributed by atoms with Crippen LogP contribution in [0.4, 0.5) is 11.4 Å². The van der Waals surface area contributed by atoms with E-state index in [1.807, 2.05) is 49.4 Å². The first kappa shape index (κ1) is 19.4. The predicted octanol–water partition coefficient (Wildman–Crippen LogP) is 3.61. The van der Waals surface area contributed by atoms with Crippen LogP contribution in [0, 0.1) is 18.3 Å². The molecule has 6 heteroatoms. The largest absolute Gasteiger partial charge is 0.326 e. The number of amides is 2. The number of nitrogens with one attached hydrogen (secondary N) is 3. The molecule has 1 aliphatic heterocycles. The zero-order valence-corrected chi connectivity index (χ0v) is 16.1. The number of hydrogen-bond donors (Lipinski definition) is 3. The number of rotatable bonds is 4. The van der Waals surface area contributed by atoms with Crippen LogP contribution in [-0.4, -0.2) is 24.9 Å². The lowest BCUT2D eigenvalue weighted by Gasteiger charge is -2.14. The molecule has 1 aliphatic carbocycles. The first-order valence-corrected chi connectivity index (χ1v) is 9.07. The first-order valence-electron chi connectivity index (χ1n) is 9.07. The molecule has 27 heavy (non-hydrogen) atoms. The Bertz CT molecular complexity index is 848. The van der Waals surface area contributed by atoms with Gasteiger partial charge in [-0.2, -0.15) is 0 Å². The number of hydrogen-bond acceptors (Lipinski definition) is 3. The highest BCUT2D eigenvalue weighted by Crippen LogP contribution is 2.56. The van der Waals surface area contributed by atoms with Crippen molar-refractivity contribution < 1.29 is 9.59 Å². The van der Waals surface area contributed by atoms with Crippen LogP contribution in [0.3, 0.4) is 0 Å². The van der Waals surface area contributed by atoms with Gasteiger partial charge < -0.3 is 16.0 Å². The molecular weight excluding hydrogens is 362 g/mol. The fourth-order valence-electron chi connectivity index (χ4n) is 3.91. The second-order valence-electron chi connectivity index (χ2n) is 7.33. The Labute approximate surface area is 165 Å². The normalized spacial score (nSPS) is 22.8. The van der Waals surface area contributed by atoms with Gasteiger partial charge in [0.05, 0.1) is 0 Å². The fourth-order valence-corrected chi connectivity index (χ4v) is 3.91. The van der Waals surface area contributed by atoms with Crippen LogP contribution in [0.2, 0.25) is 0 Å². The fraction of sp³-hybridized carbons (Fsp3) is 0.333. The molecule has 5 nitrogen and oxygen atoms in total. The van der Waals surface area contributed by atoms with E-state index in [2.05, 4.69) is 16.0 Å². The highest BCUT2D eigenvalue weighted by Gasteiger charge is 2.58. The number of halogens is 1. The van der Waals surface area contributed by atoms with E-state index in [1.165, 1.54) is 0 Å². The lowest BCUT2D eigenvalue weighted by Crippen LogP contribution is -2.21. The highest BCUT2D eigenvalue weighted by atomic mass is 35.5.